The zero-order valence-corrected chi connectivity index (χ0v) is 14.0. The normalized spacial score (nSPS) is 15.3. The molecule has 4 heteroatoms. The van der Waals surface area contributed by atoms with Crippen LogP contribution in [-0.4, -0.2) is 35.0 Å². The standard InChI is InChI=1S/C21H20N2O2/c24-21(20-9-3-6-16-5-1-2-8-19(16)20)23-13-10-17(11-14-23)25-18-7-4-12-22-15-18/h1-9,12,15,17H,10-11,13-14H2. The van der Waals surface area contributed by atoms with Crippen LogP contribution in [-0.2, 0) is 0 Å². The predicted molar refractivity (Wildman–Crippen MR) is 97.7 cm³/mol. The van der Waals surface area contributed by atoms with Crippen molar-refractivity contribution < 1.29 is 9.53 Å². The van der Waals surface area contributed by atoms with Gasteiger partial charge in [-0.2, -0.15) is 0 Å². The van der Waals surface area contributed by atoms with E-state index in [0.29, 0.717) is 13.1 Å². The molecule has 0 unspecified atom stereocenters. The second-order valence-electron chi connectivity index (χ2n) is 6.32. The molecule has 0 saturated carbocycles. The summed E-state index contributed by atoms with van der Waals surface area (Å²) in [5.41, 5.74) is 0.782. The van der Waals surface area contributed by atoms with Gasteiger partial charge >= 0.3 is 0 Å². The first-order chi connectivity index (χ1) is 12.3. The van der Waals surface area contributed by atoms with E-state index in [1.54, 1.807) is 12.4 Å². The quantitative estimate of drug-likeness (QED) is 0.730. The topological polar surface area (TPSA) is 42.4 Å². The van der Waals surface area contributed by atoms with Crippen LogP contribution in [0.15, 0.2) is 67.0 Å². The number of rotatable bonds is 3. The van der Waals surface area contributed by atoms with E-state index in [9.17, 15) is 4.79 Å². The average Bonchev–Trinajstić information content (AvgIpc) is 2.68. The smallest absolute Gasteiger partial charge is 0.254 e. The number of likely N-dealkylation sites (tertiary alicyclic amines) is 1. The molecule has 4 rings (SSSR count). The number of fused-ring (bicyclic) bond motifs is 1. The minimum absolute atomic E-state index is 0.108. The summed E-state index contributed by atoms with van der Waals surface area (Å²) in [6, 6.07) is 17.7. The van der Waals surface area contributed by atoms with E-state index >= 15 is 0 Å². The van der Waals surface area contributed by atoms with E-state index in [0.717, 1.165) is 34.9 Å². The highest BCUT2D eigenvalue weighted by molar-refractivity contribution is 6.07. The number of nitrogens with zero attached hydrogens (tertiary/aromatic N) is 2. The van der Waals surface area contributed by atoms with Crippen molar-refractivity contribution in [1.29, 1.82) is 0 Å². The average molecular weight is 332 g/mol. The molecule has 3 aromatic rings. The van der Waals surface area contributed by atoms with E-state index in [1.165, 1.54) is 0 Å². The van der Waals surface area contributed by atoms with E-state index in [1.807, 2.05) is 59.5 Å². The number of aromatic nitrogens is 1. The second kappa shape index (κ2) is 6.93. The third kappa shape index (κ3) is 3.33. The highest BCUT2D eigenvalue weighted by Gasteiger charge is 2.25. The van der Waals surface area contributed by atoms with Crippen molar-refractivity contribution in [2.24, 2.45) is 0 Å². The number of amides is 1. The van der Waals surface area contributed by atoms with E-state index in [2.05, 4.69) is 4.98 Å². The van der Waals surface area contributed by atoms with Gasteiger partial charge in [0.2, 0.25) is 0 Å². The van der Waals surface area contributed by atoms with Crippen molar-refractivity contribution in [1.82, 2.24) is 9.88 Å². The molecule has 0 radical (unpaired) electrons. The van der Waals surface area contributed by atoms with Crippen molar-refractivity contribution in [3.8, 4) is 5.75 Å². The first-order valence-electron chi connectivity index (χ1n) is 8.65. The van der Waals surface area contributed by atoms with Crippen LogP contribution in [0.4, 0.5) is 0 Å². The SMILES string of the molecule is O=C(c1cccc2ccccc12)N1CCC(Oc2cccnc2)CC1. The van der Waals surface area contributed by atoms with E-state index in [4.69, 9.17) is 4.74 Å². The number of hydrogen-bond acceptors (Lipinski definition) is 3. The van der Waals surface area contributed by atoms with Crippen molar-refractivity contribution in [3.63, 3.8) is 0 Å². The summed E-state index contributed by atoms with van der Waals surface area (Å²) >= 11 is 0. The van der Waals surface area contributed by atoms with Gasteiger partial charge < -0.3 is 9.64 Å². The van der Waals surface area contributed by atoms with Gasteiger partial charge in [0.05, 0.1) is 6.20 Å². The minimum atomic E-state index is 0.108. The van der Waals surface area contributed by atoms with Crippen molar-refractivity contribution in [2.75, 3.05) is 13.1 Å². The molecule has 0 atom stereocenters. The van der Waals surface area contributed by atoms with Gasteiger partial charge in [-0.25, -0.2) is 0 Å². The third-order valence-corrected chi connectivity index (χ3v) is 4.69. The summed E-state index contributed by atoms with van der Waals surface area (Å²) < 4.78 is 5.96. The molecule has 1 aromatic heterocycles. The molecule has 0 aliphatic carbocycles. The summed E-state index contributed by atoms with van der Waals surface area (Å²) in [6.45, 7) is 1.43. The number of ether oxygens (including phenoxy) is 1. The molecule has 1 fully saturated rings. The molecule has 2 aromatic carbocycles. The lowest BCUT2D eigenvalue weighted by atomic mass is 10.0. The molecule has 1 amide bonds. The minimum Gasteiger partial charge on any atom is -0.489 e. The Morgan fingerprint density at radius 1 is 1.00 bits per heavy atom. The van der Waals surface area contributed by atoms with Gasteiger partial charge in [0.15, 0.2) is 0 Å². The largest absolute Gasteiger partial charge is 0.489 e. The maximum atomic E-state index is 13.0. The highest BCUT2D eigenvalue weighted by Crippen LogP contribution is 2.23. The number of piperidine rings is 1. The maximum Gasteiger partial charge on any atom is 0.254 e. The number of hydrogen-bond donors (Lipinski definition) is 0. The van der Waals surface area contributed by atoms with Crippen LogP contribution < -0.4 is 4.74 Å². The summed E-state index contributed by atoms with van der Waals surface area (Å²) in [5.74, 6) is 0.901. The number of benzene rings is 2. The van der Waals surface area contributed by atoms with Gasteiger partial charge in [0, 0.05) is 37.7 Å². The Hall–Kier alpha value is -2.88. The Morgan fingerprint density at radius 3 is 2.60 bits per heavy atom. The van der Waals surface area contributed by atoms with Crippen molar-refractivity contribution in [3.05, 3.63) is 72.6 Å². The molecule has 25 heavy (non-hydrogen) atoms. The van der Waals surface area contributed by atoms with Gasteiger partial charge in [-0.1, -0.05) is 36.4 Å². The molecular weight excluding hydrogens is 312 g/mol. The van der Waals surface area contributed by atoms with E-state index in [-0.39, 0.29) is 12.0 Å². The van der Waals surface area contributed by atoms with Gasteiger partial charge in [-0.05, 0) is 29.0 Å². The highest BCUT2D eigenvalue weighted by atomic mass is 16.5. The zero-order valence-electron chi connectivity index (χ0n) is 14.0. The van der Waals surface area contributed by atoms with Crippen LogP contribution in [0.5, 0.6) is 5.75 Å². The number of carbonyl (C=O) groups is 1. The summed E-state index contributed by atoms with van der Waals surface area (Å²) in [4.78, 5) is 19.0. The number of pyridine rings is 1. The van der Waals surface area contributed by atoms with Crippen LogP contribution in [0.3, 0.4) is 0 Å². The predicted octanol–water partition coefficient (Wildman–Crippen LogP) is 3.92. The second-order valence-corrected chi connectivity index (χ2v) is 6.32. The molecule has 126 valence electrons. The Kier molecular flexibility index (Phi) is 4.34. The number of carbonyl (C=O) groups excluding carboxylic acids is 1. The summed E-state index contributed by atoms with van der Waals surface area (Å²) in [6.07, 6.45) is 5.28. The van der Waals surface area contributed by atoms with Crippen LogP contribution >= 0.6 is 0 Å². The lowest BCUT2D eigenvalue weighted by Crippen LogP contribution is -2.41. The monoisotopic (exact) mass is 332 g/mol. The fourth-order valence-corrected chi connectivity index (χ4v) is 3.37. The van der Waals surface area contributed by atoms with Crippen molar-refractivity contribution >= 4 is 16.7 Å². The molecule has 1 aliphatic rings. The van der Waals surface area contributed by atoms with Crippen LogP contribution in [0.2, 0.25) is 0 Å². The first-order valence-corrected chi connectivity index (χ1v) is 8.65. The molecule has 1 aliphatic heterocycles. The van der Waals surface area contributed by atoms with Crippen LogP contribution in [0.1, 0.15) is 23.2 Å². The Labute approximate surface area is 147 Å². The fraction of sp³-hybridized carbons (Fsp3) is 0.238. The Bertz CT molecular complexity index is 866. The van der Waals surface area contributed by atoms with Gasteiger partial charge in [0.1, 0.15) is 11.9 Å². The Morgan fingerprint density at radius 2 is 1.80 bits per heavy atom. The third-order valence-electron chi connectivity index (χ3n) is 4.69. The molecule has 1 saturated heterocycles. The summed E-state index contributed by atoms with van der Waals surface area (Å²) in [5, 5.41) is 2.12. The van der Waals surface area contributed by atoms with Gasteiger partial charge in [-0.3, -0.25) is 9.78 Å². The Balaban J connectivity index is 1.44. The molecule has 0 spiro atoms. The van der Waals surface area contributed by atoms with Crippen molar-refractivity contribution in [2.45, 2.75) is 18.9 Å². The van der Waals surface area contributed by atoms with Crippen LogP contribution in [0, 0.1) is 0 Å². The molecule has 2 heterocycles. The lowest BCUT2D eigenvalue weighted by Gasteiger charge is -2.32. The summed E-state index contributed by atoms with van der Waals surface area (Å²) in [7, 11) is 0. The molecule has 4 nitrogen and oxygen atoms in total. The molecule has 0 N–H and O–H groups in total. The van der Waals surface area contributed by atoms with Gasteiger partial charge in [-0.15, -0.1) is 0 Å². The zero-order chi connectivity index (χ0) is 17.1. The molecular formula is C21H20N2O2. The lowest BCUT2D eigenvalue weighted by molar-refractivity contribution is 0.0597. The maximum absolute atomic E-state index is 13.0. The first kappa shape index (κ1) is 15.6. The molecule has 0 bridgehead atoms. The van der Waals surface area contributed by atoms with Crippen LogP contribution in [0.25, 0.3) is 10.8 Å². The fourth-order valence-electron chi connectivity index (χ4n) is 3.37. The van der Waals surface area contributed by atoms with E-state index < -0.39 is 0 Å². The van der Waals surface area contributed by atoms with Gasteiger partial charge in [0.25, 0.3) is 5.91 Å².